The first-order chi connectivity index (χ1) is 9.22. The minimum Gasteiger partial charge on any atom is -0.340 e. The van der Waals surface area contributed by atoms with Gasteiger partial charge in [0.05, 0.1) is 5.52 Å². The second kappa shape index (κ2) is 4.93. The maximum absolute atomic E-state index is 6.05. The molecule has 3 N–H and O–H groups in total. The van der Waals surface area contributed by atoms with E-state index < -0.39 is 0 Å². The molecule has 0 aromatic carbocycles. The van der Waals surface area contributed by atoms with Gasteiger partial charge in [-0.15, -0.1) is 0 Å². The number of H-pyrrole nitrogens is 1. The van der Waals surface area contributed by atoms with Crippen LogP contribution in [0.1, 0.15) is 43.5 Å². The van der Waals surface area contributed by atoms with Crippen molar-refractivity contribution in [1.29, 1.82) is 0 Å². The van der Waals surface area contributed by atoms with Crippen LogP contribution in [0, 0.1) is 12.3 Å². The van der Waals surface area contributed by atoms with Crippen LogP contribution in [0.4, 0.5) is 0 Å². The predicted molar refractivity (Wildman–Crippen MR) is 76.9 cm³/mol. The minimum atomic E-state index is 0.250. The number of imidazole rings is 1. The Kier molecular flexibility index (Phi) is 3.27. The molecule has 2 aromatic rings. The predicted octanol–water partition coefficient (Wildman–Crippen LogP) is 2.72. The van der Waals surface area contributed by atoms with Gasteiger partial charge in [0.1, 0.15) is 5.82 Å². The molecule has 0 spiro atoms. The van der Waals surface area contributed by atoms with Crippen LogP contribution < -0.4 is 5.73 Å². The standard InChI is InChI=1S/C15H22N4/c1-11-5-8-17-14-13(11)18-12(19-14)9-15(10-16)6-3-2-4-7-15/h5,8H,2-4,6-7,9-10,16H2,1H3,(H,17,18,19). The highest BCUT2D eigenvalue weighted by atomic mass is 15.0. The number of aromatic amines is 1. The normalized spacial score (nSPS) is 18.8. The average Bonchev–Trinajstić information content (AvgIpc) is 2.83. The van der Waals surface area contributed by atoms with Crippen LogP contribution in [-0.2, 0) is 6.42 Å². The lowest BCUT2D eigenvalue weighted by Crippen LogP contribution is -2.35. The summed E-state index contributed by atoms with van der Waals surface area (Å²) < 4.78 is 0. The van der Waals surface area contributed by atoms with E-state index in [0.717, 1.165) is 30.0 Å². The Balaban J connectivity index is 1.89. The molecule has 2 aromatic heterocycles. The number of hydrogen-bond acceptors (Lipinski definition) is 3. The zero-order valence-corrected chi connectivity index (χ0v) is 11.6. The SMILES string of the molecule is Cc1ccnc2nc(CC3(CN)CCCCC3)[nH]c12. The van der Waals surface area contributed by atoms with E-state index in [-0.39, 0.29) is 5.41 Å². The van der Waals surface area contributed by atoms with Gasteiger partial charge in [0.15, 0.2) is 5.65 Å². The third kappa shape index (κ3) is 2.37. The fraction of sp³-hybridized carbons (Fsp3) is 0.600. The number of aromatic nitrogens is 3. The van der Waals surface area contributed by atoms with Crippen molar-refractivity contribution in [2.45, 2.75) is 45.4 Å². The summed E-state index contributed by atoms with van der Waals surface area (Å²) in [5, 5.41) is 0. The van der Waals surface area contributed by atoms with Gasteiger partial charge < -0.3 is 10.7 Å². The zero-order valence-electron chi connectivity index (χ0n) is 11.6. The van der Waals surface area contributed by atoms with Gasteiger partial charge in [-0.3, -0.25) is 0 Å². The van der Waals surface area contributed by atoms with Gasteiger partial charge in [-0.05, 0) is 43.4 Å². The fourth-order valence-electron chi connectivity index (χ4n) is 3.28. The largest absolute Gasteiger partial charge is 0.340 e. The molecule has 102 valence electrons. The quantitative estimate of drug-likeness (QED) is 0.889. The van der Waals surface area contributed by atoms with Crippen LogP contribution in [0.2, 0.25) is 0 Å². The summed E-state index contributed by atoms with van der Waals surface area (Å²) in [7, 11) is 0. The maximum atomic E-state index is 6.05. The lowest BCUT2D eigenvalue weighted by Gasteiger charge is -2.35. The van der Waals surface area contributed by atoms with Crippen molar-refractivity contribution in [3.8, 4) is 0 Å². The molecular formula is C15H22N4. The van der Waals surface area contributed by atoms with Gasteiger partial charge in [0, 0.05) is 12.6 Å². The summed E-state index contributed by atoms with van der Waals surface area (Å²) in [6, 6.07) is 2.02. The van der Waals surface area contributed by atoms with E-state index in [2.05, 4.69) is 21.9 Å². The Morgan fingerprint density at radius 1 is 1.32 bits per heavy atom. The summed E-state index contributed by atoms with van der Waals surface area (Å²) in [6.45, 7) is 2.85. The summed E-state index contributed by atoms with van der Waals surface area (Å²) in [4.78, 5) is 12.4. The van der Waals surface area contributed by atoms with E-state index in [1.165, 1.54) is 37.7 Å². The summed E-state index contributed by atoms with van der Waals surface area (Å²) in [6.07, 6.45) is 9.19. The molecule has 3 rings (SSSR count). The lowest BCUT2D eigenvalue weighted by atomic mass is 9.72. The number of nitrogens with zero attached hydrogens (tertiary/aromatic N) is 2. The van der Waals surface area contributed by atoms with E-state index in [0.29, 0.717) is 0 Å². The molecule has 1 aliphatic rings. The fourth-order valence-corrected chi connectivity index (χ4v) is 3.28. The Bertz CT molecular complexity index is 567. The molecule has 0 aliphatic heterocycles. The van der Waals surface area contributed by atoms with Crippen molar-refractivity contribution in [2.24, 2.45) is 11.1 Å². The first-order valence-corrected chi connectivity index (χ1v) is 7.23. The number of hydrogen-bond donors (Lipinski definition) is 2. The second-order valence-corrected chi connectivity index (χ2v) is 5.95. The molecule has 0 saturated heterocycles. The molecule has 0 atom stereocenters. The van der Waals surface area contributed by atoms with Gasteiger partial charge in [-0.25, -0.2) is 9.97 Å². The molecule has 0 unspecified atom stereocenters. The van der Waals surface area contributed by atoms with Crippen molar-refractivity contribution in [3.63, 3.8) is 0 Å². The van der Waals surface area contributed by atoms with Crippen LogP contribution in [0.15, 0.2) is 12.3 Å². The molecule has 2 heterocycles. The number of pyridine rings is 1. The van der Waals surface area contributed by atoms with Crippen LogP contribution in [-0.4, -0.2) is 21.5 Å². The van der Waals surface area contributed by atoms with Crippen molar-refractivity contribution >= 4 is 11.2 Å². The Labute approximate surface area is 113 Å². The van der Waals surface area contributed by atoms with Gasteiger partial charge >= 0.3 is 0 Å². The number of nitrogens with two attached hydrogens (primary N) is 1. The molecule has 1 aliphatic carbocycles. The number of rotatable bonds is 3. The van der Waals surface area contributed by atoms with Gasteiger partial charge in [0.2, 0.25) is 0 Å². The van der Waals surface area contributed by atoms with E-state index in [1.54, 1.807) is 0 Å². The number of aryl methyl sites for hydroxylation is 1. The molecule has 0 bridgehead atoms. The molecule has 0 amide bonds. The van der Waals surface area contributed by atoms with Crippen molar-refractivity contribution in [1.82, 2.24) is 15.0 Å². The van der Waals surface area contributed by atoms with Crippen LogP contribution >= 0.6 is 0 Å². The first-order valence-electron chi connectivity index (χ1n) is 7.23. The highest BCUT2D eigenvalue weighted by molar-refractivity contribution is 5.74. The number of nitrogens with one attached hydrogen (secondary N) is 1. The zero-order chi connectivity index (χ0) is 13.3. The van der Waals surface area contributed by atoms with E-state index in [9.17, 15) is 0 Å². The molecule has 0 radical (unpaired) electrons. The molecule has 1 fully saturated rings. The highest BCUT2D eigenvalue weighted by Crippen LogP contribution is 2.38. The van der Waals surface area contributed by atoms with E-state index in [1.807, 2.05) is 12.3 Å². The van der Waals surface area contributed by atoms with Gasteiger partial charge in [-0.2, -0.15) is 0 Å². The Morgan fingerprint density at radius 2 is 2.11 bits per heavy atom. The molecule has 4 heteroatoms. The van der Waals surface area contributed by atoms with Gasteiger partial charge in [-0.1, -0.05) is 19.3 Å². The van der Waals surface area contributed by atoms with Crippen molar-refractivity contribution in [3.05, 3.63) is 23.7 Å². The average molecular weight is 258 g/mol. The van der Waals surface area contributed by atoms with E-state index in [4.69, 9.17) is 5.73 Å². The molecular weight excluding hydrogens is 236 g/mol. The highest BCUT2D eigenvalue weighted by Gasteiger charge is 2.31. The topological polar surface area (TPSA) is 67.6 Å². The summed E-state index contributed by atoms with van der Waals surface area (Å²) in [5.41, 5.74) is 9.41. The Morgan fingerprint density at radius 3 is 2.79 bits per heavy atom. The molecule has 1 saturated carbocycles. The van der Waals surface area contributed by atoms with Crippen LogP contribution in [0.5, 0.6) is 0 Å². The monoisotopic (exact) mass is 258 g/mol. The third-order valence-corrected chi connectivity index (χ3v) is 4.54. The smallest absolute Gasteiger partial charge is 0.177 e. The molecule has 19 heavy (non-hydrogen) atoms. The lowest BCUT2D eigenvalue weighted by molar-refractivity contribution is 0.194. The number of fused-ring (bicyclic) bond motifs is 1. The molecule has 4 nitrogen and oxygen atoms in total. The van der Waals surface area contributed by atoms with Crippen molar-refractivity contribution in [2.75, 3.05) is 6.54 Å². The first kappa shape index (κ1) is 12.6. The summed E-state index contributed by atoms with van der Waals surface area (Å²) in [5.74, 6) is 1.05. The van der Waals surface area contributed by atoms with E-state index >= 15 is 0 Å². The van der Waals surface area contributed by atoms with Crippen molar-refractivity contribution < 1.29 is 0 Å². The van der Waals surface area contributed by atoms with Crippen LogP contribution in [0.25, 0.3) is 11.2 Å². The summed E-state index contributed by atoms with van der Waals surface area (Å²) >= 11 is 0. The Hall–Kier alpha value is -1.42. The minimum absolute atomic E-state index is 0.250. The van der Waals surface area contributed by atoms with Crippen LogP contribution in [0.3, 0.4) is 0 Å². The van der Waals surface area contributed by atoms with Gasteiger partial charge in [0.25, 0.3) is 0 Å². The third-order valence-electron chi connectivity index (χ3n) is 4.54. The second-order valence-electron chi connectivity index (χ2n) is 5.95. The maximum Gasteiger partial charge on any atom is 0.177 e.